The second-order valence-corrected chi connectivity index (χ2v) is 7.65. The Morgan fingerprint density at radius 3 is 1.65 bits per heavy atom. The Morgan fingerprint density at radius 2 is 1.16 bits per heavy atom. The Labute approximate surface area is 179 Å². The van der Waals surface area contributed by atoms with E-state index in [-0.39, 0.29) is 12.8 Å². The molecule has 0 bridgehead atoms. The lowest BCUT2D eigenvalue weighted by atomic mass is 9.92. The van der Waals surface area contributed by atoms with Crippen LogP contribution in [0.4, 0.5) is 0 Å². The molecule has 6 unspecified atom stereocenters. The fourth-order valence-corrected chi connectivity index (χ4v) is 3.38. The lowest BCUT2D eigenvalue weighted by Gasteiger charge is -2.22. The predicted octanol–water partition coefficient (Wildman–Crippen LogP) is 1.12. The van der Waals surface area contributed by atoms with E-state index in [9.17, 15) is 50.5 Å². The fourth-order valence-electron chi connectivity index (χ4n) is 3.38. The summed E-state index contributed by atoms with van der Waals surface area (Å²) in [6.07, 6.45) is -1.54. The summed E-state index contributed by atoms with van der Waals surface area (Å²) in [6, 6.07) is -5.27. The zero-order chi connectivity index (χ0) is 24.0. The van der Waals surface area contributed by atoms with Crippen molar-refractivity contribution in [3.05, 3.63) is 30.3 Å². The molecule has 31 heavy (non-hydrogen) atoms. The third-order valence-corrected chi connectivity index (χ3v) is 5.35. The van der Waals surface area contributed by atoms with E-state index in [0.29, 0.717) is 19.3 Å². The van der Waals surface area contributed by atoms with Gasteiger partial charge in [-0.05, 0) is 19.3 Å². The summed E-state index contributed by atoms with van der Waals surface area (Å²) in [5, 5.41) is 63.9. The number of nitrogens with zero attached hydrogens (tertiary/aromatic N) is 3. The first-order chi connectivity index (χ1) is 14.6. The Bertz CT molecular complexity index is 577. The molecule has 0 rings (SSSR count). The van der Waals surface area contributed by atoms with Gasteiger partial charge in [0.15, 0.2) is 0 Å². The van der Waals surface area contributed by atoms with Gasteiger partial charge in [0.25, 0.3) is 0 Å². The van der Waals surface area contributed by atoms with E-state index in [0.717, 1.165) is 25.5 Å². The Balaban J connectivity index is 4.94. The monoisotopic (exact) mass is 451 g/mol. The molecule has 0 aromatic heterocycles. The minimum Gasteiger partial charge on any atom is -0.386 e. The third-order valence-electron chi connectivity index (χ3n) is 5.35. The lowest BCUT2D eigenvalue weighted by Crippen LogP contribution is -2.46. The third kappa shape index (κ3) is 11.1. The summed E-state index contributed by atoms with van der Waals surface area (Å²) in [5.41, 5.74) is 0. The number of aldehydes is 1. The normalized spacial score (nSPS) is 17.2. The van der Waals surface area contributed by atoms with Crippen molar-refractivity contribution >= 4 is 6.29 Å². The molecule has 0 heterocycles. The zero-order valence-corrected chi connectivity index (χ0v) is 17.7. The molecule has 0 saturated heterocycles. The van der Waals surface area contributed by atoms with E-state index in [1.54, 1.807) is 0 Å². The molecular weight excluding hydrogens is 418 g/mol. The molecule has 180 valence electrons. The topological polar surface area (TPSA) is 207 Å². The number of carbonyl (C=O) groups excluding carboxylic acids is 1. The highest BCUT2D eigenvalue weighted by molar-refractivity contribution is 5.48. The number of rotatable bonds is 19. The zero-order valence-electron chi connectivity index (χ0n) is 17.7. The first kappa shape index (κ1) is 28.8. The largest absolute Gasteiger partial charge is 0.386 e. The number of nitro groups is 3. The minimum absolute atomic E-state index is 0.0302. The molecule has 13 nitrogen and oxygen atoms in total. The van der Waals surface area contributed by atoms with Gasteiger partial charge in [-0.2, -0.15) is 0 Å². The Morgan fingerprint density at radius 1 is 0.710 bits per heavy atom. The highest BCUT2D eigenvalue weighted by Gasteiger charge is 2.44. The Hall–Kier alpha value is -2.25. The number of aliphatic hydroxyl groups excluding tert-OH is 3. The van der Waals surface area contributed by atoms with Crippen LogP contribution in [0.1, 0.15) is 71.1 Å². The van der Waals surface area contributed by atoms with E-state index in [1.807, 2.05) is 0 Å². The molecule has 0 amide bonds. The van der Waals surface area contributed by atoms with E-state index in [2.05, 4.69) is 0 Å². The summed E-state index contributed by atoms with van der Waals surface area (Å²) in [6.45, 7) is 1.46. The molecule has 13 heteroatoms. The van der Waals surface area contributed by atoms with E-state index in [4.69, 9.17) is 0 Å². The van der Waals surface area contributed by atoms with Gasteiger partial charge in [0.1, 0.15) is 24.6 Å². The first-order valence-electron chi connectivity index (χ1n) is 10.4. The molecule has 0 saturated carbocycles. The SMILES string of the molecule is CCC(O)C(CC(C(O)CC(C(O)CCCCCCCC=O)[N+](=O)[O-])[N+](=O)[O-])[N+](=O)[O-]. The molecule has 0 aliphatic rings. The molecule has 0 aliphatic carbocycles. The Kier molecular flexibility index (Phi) is 14.4. The van der Waals surface area contributed by atoms with Crippen LogP contribution >= 0.6 is 0 Å². The van der Waals surface area contributed by atoms with Gasteiger partial charge in [0, 0.05) is 21.2 Å². The molecule has 0 aliphatic heterocycles. The smallest absolute Gasteiger partial charge is 0.245 e. The average molecular weight is 451 g/mol. The van der Waals surface area contributed by atoms with Crippen molar-refractivity contribution in [2.75, 3.05) is 0 Å². The van der Waals surface area contributed by atoms with Gasteiger partial charge in [-0.25, -0.2) is 0 Å². The van der Waals surface area contributed by atoms with Crippen LogP contribution in [-0.4, -0.2) is 72.8 Å². The van der Waals surface area contributed by atoms with Crippen LogP contribution in [0.5, 0.6) is 0 Å². The van der Waals surface area contributed by atoms with Gasteiger partial charge in [-0.3, -0.25) is 30.3 Å². The van der Waals surface area contributed by atoms with Crippen LogP contribution in [0, 0.1) is 30.3 Å². The van der Waals surface area contributed by atoms with Crippen molar-refractivity contribution < 1.29 is 34.9 Å². The quantitative estimate of drug-likeness (QED) is 0.110. The van der Waals surface area contributed by atoms with E-state index in [1.165, 1.54) is 6.92 Å². The first-order valence-corrected chi connectivity index (χ1v) is 10.4. The molecule has 0 spiro atoms. The second-order valence-electron chi connectivity index (χ2n) is 7.65. The number of hydrogen-bond acceptors (Lipinski definition) is 10. The van der Waals surface area contributed by atoms with Crippen molar-refractivity contribution in [3.63, 3.8) is 0 Å². The number of unbranched alkanes of at least 4 members (excludes halogenated alkanes) is 5. The lowest BCUT2D eigenvalue weighted by molar-refractivity contribution is -0.577. The molecular formula is C18H33N3O10. The maximum atomic E-state index is 11.3. The molecule has 0 fully saturated rings. The second kappa shape index (κ2) is 15.5. The molecule has 6 atom stereocenters. The van der Waals surface area contributed by atoms with Crippen LogP contribution in [0.15, 0.2) is 0 Å². The maximum absolute atomic E-state index is 11.3. The number of hydrogen-bond donors (Lipinski definition) is 3. The summed E-state index contributed by atoms with van der Waals surface area (Å²) < 4.78 is 0. The molecule has 0 aromatic rings. The predicted molar refractivity (Wildman–Crippen MR) is 108 cm³/mol. The summed E-state index contributed by atoms with van der Waals surface area (Å²) in [5.74, 6) is 0. The number of carbonyl (C=O) groups is 1. The molecule has 0 radical (unpaired) electrons. The van der Waals surface area contributed by atoms with Crippen LogP contribution in [0.2, 0.25) is 0 Å². The molecule has 0 aromatic carbocycles. The van der Waals surface area contributed by atoms with Crippen LogP contribution in [0.25, 0.3) is 0 Å². The van der Waals surface area contributed by atoms with E-state index < -0.39 is 64.0 Å². The standard InChI is InChI=1S/C18H33N3O10/c1-2-16(23)13(19(26)27)11-14(20(28)29)18(25)12-15(21(30)31)17(24)9-7-5-3-4-6-8-10-22/h10,13-18,23-25H,2-9,11-12H2,1H3. The van der Waals surface area contributed by atoms with Crippen molar-refractivity contribution in [1.82, 2.24) is 0 Å². The minimum atomic E-state index is -1.91. The molecule has 3 N–H and O–H groups in total. The van der Waals surface area contributed by atoms with Gasteiger partial charge >= 0.3 is 0 Å². The maximum Gasteiger partial charge on any atom is 0.245 e. The fraction of sp³-hybridized carbons (Fsp3) is 0.944. The van der Waals surface area contributed by atoms with Gasteiger partial charge in [-0.1, -0.05) is 32.6 Å². The van der Waals surface area contributed by atoms with Gasteiger partial charge < -0.3 is 20.1 Å². The number of aliphatic hydroxyl groups is 3. The summed E-state index contributed by atoms with van der Waals surface area (Å²) >= 11 is 0. The van der Waals surface area contributed by atoms with Crippen LogP contribution in [0.3, 0.4) is 0 Å². The average Bonchev–Trinajstić information content (AvgIpc) is 2.70. The van der Waals surface area contributed by atoms with Gasteiger partial charge in [0.2, 0.25) is 18.1 Å². The van der Waals surface area contributed by atoms with Crippen LogP contribution < -0.4 is 0 Å². The van der Waals surface area contributed by atoms with Gasteiger partial charge in [0.05, 0.1) is 12.8 Å². The van der Waals surface area contributed by atoms with Crippen molar-refractivity contribution in [3.8, 4) is 0 Å². The van der Waals surface area contributed by atoms with Crippen molar-refractivity contribution in [1.29, 1.82) is 0 Å². The van der Waals surface area contributed by atoms with Gasteiger partial charge in [-0.15, -0.1) is 0 Å². The summed E-state index contributed by atoms with van der Waals surface area (Å²) in [4.78, 5) is 41.4. The highest BCUT2D eigenvalue weighted by Crippen LogP contribution is 2.21. The summed E-state index contributed by atoms with van der Waals surface area (Å²) in [7, 11) is 0. The van der Waals surface area contributed by atoms with Crippen LogP contribution in [-0.2, 0) is 4.79 Å². The van der Waals surface area contributed by atoms with Crippen molar-refractivity contribution in [2.24, 2.45) is 0 Å². The van der Waals surface area contributed by atoms with Crippen molar-refractivity contribution in [2.45, 2.75) is 108 Å². The highest BCUT2D eigenvalue weighted by atomic mass is 16.6. The van der Waals surface area contributed by atoms with E-state index >= 15 is 0 Å².